The van der Waals surface area contributed by atoms with E-state index in [9.17, 15) is 4.39 Å². The summed E-state index contributed by atoms with van der Waals surface area (Å²) >= 11 is 0. The van der Waals surface area contributed by atoms with E-state index in [1.807, 2.05) is 11.0 Å². The maximum absolute atomic E-state index is 13.7. The van der Waals surface area contributed by atoms with E-state index < -0.39 is 0 Å². The van der Waals surface area contributed by atoms with Crippen molar-refractivity contribution in [3.05, 3.63) is 29.6 Å². The highest BCUT2D eigenvalue weighted by Crippen LogP contribution is 2.28. The van der Waals surface area contributed by atoms with Crippen LogP contribution in [0.5, 0.6) is 5.75 Å². The Labute approximate surface area is 106 Å². The summed E-state index contributed by atoms with van der Waals surface area (Å²) in [5, 5.41) is 0. The van der Waals surface area contributed by atoms with Crippen molar-refractivity contribution in [2.24, 2.45) is 10.7 Å². The van der Waals surface area contributed by atoms with Crippen LogP contribution in [0.15, 0.2) is 23.2 Å². The Hall–Kier alpha value is -1.78. The molecule has 0 spiro atoms. The predicted octanol–water partition coefficient (Wildman–Crippen LogP) is 1.92. The number of hydrogen-bond donors (Lipinski definition) is 1. The van der Waals surface area contributed by atoms with Crippen LogP contribution in [0.25, 0.3) is 0 Å². The van der Waals surface area contributed by atoms with Gasteiger partial charge >= 0.3 is 0 Å². The number of methoxy groups -OCH3 is 1. The molecule has 0 amide bonds. The number of hydrogen-bond acceptors (Lipinski definition) is 4. The van der Waals surface area contributed by atoms with Crippen LogP contribution in [0, 0.1) is 5.82 Å². The molecule has 98 valence electrons. The number of benzene rings is 1. The minimum Gasteiger partial charge on any atom is -0.494 e. The molecule has 0 bridgehead atoms. The average Bonchev–Trinajstić information content (AvgIpc) is 2.72. The maximum atomic E-state index is 13.7. The van der Waals surface area contributed by atoms with E-state index in [-0.39, 0.29) is 17.6 Å². The van der Waals surface area contributed by atoms with Gasteiger partial charge in [-0.2, -0.15) is 0 Å². The van der Waals surface area contributed by atoms with Gasteiger partial charge in [0.2, 0.25) is 0 Å². The molecule has 0 aromatic heterocycles. The molecule has 0 saturated carbocycles. The quantitative estimate of drug-likeness (QED) is 0.889. The van der Waals surface area contributed by atoms with Gasteiger partial charge in [0.15, 0.2) is 17.5 Å². The Bertz CT molecular complexity index is 462. The number of ether oxygens (including phenoxy) is 1. The molecule has 1 aromatic carbocycles. The van der Waals surface area contributed by atoms with Crippen molar-refractivity contribution in [3.63, 3.8) is 0 Å². The molecule has 1 unspecified atom stereocenters. The second kappa shape index (κ2) is 5.25. The fraction of sp³-hybridized carbons (Fsp3) is 0.462. The van der Waals surface area contributed by atoms with Crippen molar-refractivity contribution in [3.8, 4) is 5.75 Å². The molecule has 0 aliphatic carbocycles. The van der Waals surface area contributed by atoms with Crippen molar-refractivity contribution in [1.29, 1.82) is 0 Å². The van der Waals surface area contributed by atoms with Crippen LogP contribution in [0.4, 0.5) is 4.39 Å². The van der Waals surface area contributed by atoms with Crippen molar-refractivity contribution in [2.45, 2.75) is 19.4 Å². The Morgan fingerprint density at radius 2 is 2.33 bits per heavy atom. The lowest BCUT2D eigenvalue weighted by molar-refractivity contribution is 0.344. The number of aliphatic imine (C=N–C) groups is 1. The van der Waals surface area contributed by atoms with Crippen LogP contribution in [-0.2, 0) is 0 Å². The molecule has 1 aliphatic rings. The third-order valence-corrected chi connectivity index (χ3v) is 3.12. The van der Waals surface area contributed by atoms with Gasteiger partial charge in [-0.1, -0.05) is 13.0 Å². The van der Waals surface area contributed by atoms with Crippen molar-refractivity contribution in [2.75, 3.05) is 20.2 Å². The van der Waals surface area contributed by atoms with E-state index in [1.165, 1.54) is 13.2 Å². The molecule has 0 radical (unpaired) electrons. The van der Waals surface area contributed by atoms with Crippen molar-refractivity contribution < 1.29 is 9.13 Å². The molecule has 1 atom stereocenters. The first-order valence-corrected chi connectivity index (χ1v) is 6.07. The molecule has 1 aromatic rings. The van der Waals surface area contributed by atoms with Gasteiger partial charge in [0.25, 0.3) is 0 Å². The minimum atomic E-state index is -0.350. The number of nitrogens with zero attached hydrogens (tertiary/aromatic N) is 2. The molecule has 0 fully saturated rings. The summed E-state index contributed by atoms with van der Waals surface area (Å²) in [4.78, 5) is 6.25. The second-order valence-electron chi connectivity index (χ2n) is 4.30. The van der Waals surface area contributed by atoms with Gasteiger partial charge in [0.1, 0.15) is 0 Å². The normalized spacial score (nSPS) is 18.9. The first-order chi connectivity index (χ1) is 8.67. The fourth-order valence-electron chi connectivity index (χ4n) is 2.22. The summed E-state index contributed by atoms with van der Waals surface area (Å²) in [6.07, 6.45) is 0.978. The summed E-state index contributed by atoms with van der Waals surface area (Å²) < 4.78 is 18.6. The highest BCUT2D eigenvalue weighted by Gasteiger charge is 2.27. The van der Waals surface area contributed by atoms with Gasteiger partial charge < -0.3 is 15.4 Å². The zero-order chi connectivity index (χ0) is 13.1. The van der Waals surface area contributed by atoms with E-state index in [0.29, 0.717) is 12.5 Å². The van der Waals surface area contributed by atoms with Crippen molar-refractivity contribution >= 4 is 5.96 Å². The van der Waals surface area contributed by atoms with E-state index >= 15 is 0 Å². The van der Waals surface area contributed by atoms with E-state index in [2.05, 4.69) is 11.9 Å². The minimum absolute atomic E-state index is 0.0327. The molecule has 2 N–H and O–H groups in total. The summed E-state index contributed by atoms with van der Waals surface area (Å²) in [5.41, 5.74) is 6.72. The molecule has 5 heteroatoms. The lowest BCUT2D eigenvalue weighted by atomic mass is 10.1. The Kier molecular flexibility index (Phi) is 3.69. The first-order valence-electron chi connectivity index (χ1n) is 6.07. The second-order valence-corrected chi connectivity index (χ2v) is 4.30. The smallest absolute Gasteiger partial charge is 0.191 e. The zero-order valence-corrected chi connectivity index (χ0v) is 10.7. The van der Waals surface area contributed by atoms with Crippen LogP contribution < -0.4 is 10.5 Å². The molecule has 0 saturated heterocycles. The summed E-state index contributed by atoms with van der Waals surface area (Å²) in [6.45, 7) is 3.49. The summed E-state index contributed by atoms with van der Waals surface area (Å²) in [5.74, 6) is 0.447. The molecular formula is C13H18FN3O. The monoisotopic (exact) mass is 251 g/mol. The van der Waals surface area contributed by atoms with Gasteiger partial charge in [-0.15, -0.1) is 0 Å². The molecule has 18 heavy (non-hydrogen) atoms. The van der Waals surface area contributed by atoms with Crippen LogP contribution in [0.2, 0.25) is 0 Å². The van der Waals surface area contributed by atoms with E-state index in [0.717, 1.165) is 18.5 Å². The Balaban J connectivity index is 2.24. The first kappa shape index (κ1) is 12.7. The predicted molar refractivity (Wildman–Crippen MR) is 69.2 cm³/mol. The third kappa shape index (κ3) is 2.25. The SMILES string of the molecule is CCCN1C(N)=NCC1c1ccc(OC)c(F)c1. The molecule has 4 nitrogen and oxygen atoms in total. The van der Waals surface area contributed by atoms with Gasteiger partial charge in [0.05, 0.1) is 19.7 Å². The lowest BCUT2D eigenvalue weighted by Gasteiger charge is -2.26. The highest BCUT2D eigenvalue weighted by molar-refractivity contribution is 5.80. The highest BCUT2D eigenvalue weighted by atomic mass is 19.1. The van der Waals surface area contributed by atoms with Gasteiger partial charge in [0, 0.05) is 6.54 Å². The van der Waals surface area contributed by atoms with Crippen LogP contribution in [0.3, 0.4) is 0 Å². The average molecular weight is 251 g/mol. The van der Waals surface area contributed by atoms with Gasteiger partial charge in [-0.25, -0.2) is 4.39 Å². The molecule has 1 heterocycles. The summed E-state index contributed by atoms with van der Waals surface area (Å²) in [6, 6.07) is 5.04. The van der Waals surface area contributed by atoms with E-state index in [1.54, 1.807) is 6.07 Å². The standard InChI is InChI=1S/C13H18FN3O/c1-3-6-17-11(8-16-13(17)15)9-4-5-12(18-2)10(14)7-9/h4-5,7,11H,3,6,8H2,1-2H3,(H2,15,16). The largest absolute Gasteiger partial charge is 0.494 e. The Morgan fingerprint density at radius 1 is 1.56 bits per heavy atom. The van der Waals surface area contributed by atoms with E-state index in [4.69, 9.17) is 10.5 Å². The number of guanidine groups is 1. The van der Waals surface area contributed by atoms with Crippen LogP contribution in [0.1, 0.15) is 24.9 Å². The Morgan fingerprint density at radius 3 is 2.94 bits per heavy atom. The molecular weight excluding hydrogens is 233 g/mol. The van der Waals surface area contributed by atoms with Crippen molar-refractivity contribution in [1.82, 2.24) is 4.90 Å². The fourth-order valence-corrected chi connectivity index (χ4v) is 2.22. The van der Waals surface area contributed by atoms with Gasteiger partial charge in [-0.3, -0.25) is 4.99 Å². The topological polar surface area (TPSA) is 50.8 Å². The zero-order valence-electron chi connectivity index (χ0n) is 10.7. The summed E-state index contributed by atoms with van der Waals surface area (Å²) in [7, 11) is 1.46. The molecule has 1 aliphatic heterocycles. The van der Waals surface area contributed by atoms with Crippen LogP contribution >= 0.6 is 0 Å². The van der Waals surface area contributed by atoms with Gasteiger partial charge in [-0.05, 0) is 24.1 Å². The lowest BCUT2D eigenvalue weighted by Crippen LogP contribution is -2.36. The van der Waals surface area contributed by atoms with Crippen LogP contribution in [-0.4, -0.2) is 31.1 Å². The number of halogens is 1. The number of rotatable bonds is 4. The molecule has 2 rings (SSSR count). The maximum Gasteiger partial charge on any atom is 0.191 e. The number of nitrogens with two attached hydrogens (primary N) is 1. The third-order valence-electron chi connectivity index (χ3n) is 3.12.